The molecule has 0 saturated carbocycles. The van der Waals surface area contributed by atoms with E-state index in [1.165, 1.54) is 31.2 Å². The highest BCUT2D eigenvalue weighted by Crippen LogP contribution is 2.34. The maximum atomic E-state index is 12.9. The summed E-state index contributed by atoms with van der Waals surface area (Å²) in [5.41, 5.74) is -1.74. The van der Waals surface area contributed by atoms with Crippen LogP contribution >= 0.6 is 0 Å². The Kier molecular flexibility index (Phi) is 4.35. The van der Waals surface area contributed by atoms with Crippen LogP contribution in [-0.2, 0) is 6.18 Å². The fourth-order valence-corrected chi connectivity index (χ4v) is 2.09. The van der Waals surface area contributed by atoms with E-state index < -0.39 is 28.3 Å². The zero-order valence-corrected chi connectivity index (χ0v) is 11.8. The molecule has 1 amide bonds. The van der Waals surface area contributed by atoms with Crippen molar-refractivity contribution in [2.75, 3.05) is 5.32 Å². The van der Waals surface area contributed by atoms with Crippen molar-refractivity contribution in [1.29, 1.82) is 0 Å². The Morgan fingerprint density at radius 3 is 2.39 bits per heavy atom. The number of benzene rings is 2. The number of nitrogens with one attached hydrogen (secondary N) is 1. The van der Waals surface area contributed by atoms with E-state index >= 15 is 0 Å². The molecular weight excluding hydrogens is 313 g/mol. The molecule has 0 aliphatic carbocycles. The number of nitrogens with zero attached hydrogens (tertiary/aromatic N) is 1. The molecule has 0 aromatic heterocycles. The van der Waals surface area contributed by atoms with Crippen LogP contribution in [0.1, 0.15) is 21.5 Å². The molecule has 2 aromatic carbocycles. The summed E-state index contributed by atoms with van der Waals surface area (Å²) < 4.78 is 38.6. The van der Waals surface area contributed by atoms with E-state index in [4.69, 9.17) is 0 Å². The van der Waals surface area contributed by atoms with E-state index in [9.17, 15) is 28.1 Å². The molecule has 23 heavy (non-hydrogen) atoms. The average Bonchev–Trinajstić information content (AvgIpc) is 2.48. The van der Waals surface area contributed by atoms with Crippen LogP contribution in [0.2, 0.25) is 0 Å². The molecule has 0 bridgehead atoms. The molecule has 1 N–H and O–H groups in total. The molecule has 0 atom stereocenters. The zero-order chi connectivity index (χ0) is 17.2. The molecule has 8 heteroatoms. The molecule has 0 unspecified atom stereocenters. The number of amides is 1. The van der Waals surface area contributed by atoms with E-state index in [2.05, 4.69) is 5.32 Å². The van der Waals surface area contributed by atoms with Crippen LogP contribution in [0.5, 0.6) is 0 Å². The van der Waals surface area contributed by atoms with Crippen molar-refractivity contribution in [3.05, 3.63) is 69.3 Å². The highest BCUT2D eigenvalue weighted by atomic mass is 19.4. The second-order valence-electron chi connectivity index (χ2n) is 4.70. The molecule has 5 nitrogen and oxygen atoms in total. The fraction of sp³-hybridized carbons (Fsp3) is 0.133. The number of nitro benzene ring substituents is 1. The van der Waals surface area contributed by atoms with Crippen LogP contribution < -0.4 is 5.32 Å². The topological polar surface area (TPSA) is 72.2 Å². The molecule has 0 radical (unpaired) electrons. The number of para-hydroxylation sites is 1. The summed E-state index contributed by atoms with van der Waals surface area (Å²) in [4.78, 5) is 22.3. The van der Waals surface area contributed by atoms with Gasteiger partial charge in [-0.3, -0.25) is 14.9 Å². The van der Waals surface area contributed by atoms with Gasteiger partial charge in [-0.2, -0.15) is 13.2 Å². The average molecular weight is 324 g/mol. The second-order valence-corrected chi connectivity index (χ2v) is 4.70. The third kappa shape index (κ3) is 3.47. The summed E-state index contributed by atoms with van der Waals surface area (Å²) in [5.74, 6) is -0.847. The minimum absolute atomic E-state index is 0.0528. The van der Waals surface area contributed by atoms with Gasteiger partial charge in [0.1, 0.15) is 5.56 Å². The van der Waals surface area contributed by atoms with E-state index in [-0.39, 0.29) is 16.8 Å². The standard InChI is InChI=1S/C15H11F3N2O3/c1-9-11(15(16,17)18)6-4-7-12(9)19-14(21)10-5-2-3-8-13(10)20(22)23/h2-8H,1H3,(H,19,21). The Labute approximate surface area is 128 Å². The maximum Gasteiger partial charge on any atom is 0.416 e. The summed E-state index contributed by atoms with van der Waals surface area (Å²) in [6.07, 6.45) is -4.55. The highest BCUT2D eigenvalue weighted by Gasteiger charge is 2.33. The van der Waals surface area contributed by atoms with Crippen LogP contribution in [0.15, 0.2) is 42.5 Å². The second kappa shape index (κ2) is 6.07. The summed E-state index contributed by atoms with van der Waals surface area (Å²) in [6.45, 7) is 1.22. The van der Waals surface area contributed by atoms with Crippen molar-refractivity contribution in [1.82, 2.24) is 0 Å². The lowest BCUT2D eigenvalue weighted by atomic mass is 10.1. The Bertz CT molecular complexity index is 773. The summed E-state index contributed by atoms with van der Waals surface area (Å²) >= 11 is 0. The van der Waals surface area contributed by atoms with Gasteiger partial charge in [0.05, 0.1) is 10.5 Å². The van der Waals surface area contributed by atoms with Crippen molar-refractivity contribution in [2.45, 2.75) is 13.1 Å². The molecule has 0 fully saturated rings. The molecule has 0 aliphatic rings. The lowest BCUT2D eigenvalue weighted by Crippen LogP contribution is -2.16. The van der Waals surface area contributed by atoms with Crippen LogP contribution in [0, 0.1) is 17.0 Å². The number of carbonyl (C=O) groups excluding carboxylic acids is 1. The van der Waals surface area contributed by atoms with Crippen LogP contribution in [0.4, 0.5) is 24.5 Å². The first-order chi connectivity index (χ1) is 10.7. The summed E-state index contributed by atoms with van der Waals surface area (Å²) in [7, 11) is 0. The van der Waals surface area contributed by atoms with Crippen molar-refractivity contribution >= 4 is 17.3 Å². The Hall–Kier alpha value is -2.90. The molecule has 2 rings (SSSR count). The van der Waals surface area contributed by atoms with Gasteiger partial charge in [-0.1, -0.05) is 18.2 Å². The molecule has 0 spiro atoms. The first-order valence-corrected chi connectivity index (χ1v) is 6.43. The molecule has 2 aromatic rings. The zero-order valence-electron chi connectivity index (χ0n) is 11.8. The predicted molar refractivity (Wildman–Crippen MR) is 77.2 cm³/mol. The SMILES string of the molecule is Cc1c(NC(=O)c2ccccc2[N+](=O)[O-])cccc1C(F)(F)F. The van der Waals surface area contributed by atoms with Gasteiger partial charge in [0, 0.05) is 11.8 Å². The molecule has 0 saturated heterocycles. The summed E-state index contributed by atoms with van der Waals surface area (Å²) in [6, 6.07) is 8.56. The van der Waals surface area contributed by atoms with Crippen molar-refractivity contribution in [3.8, 4) is 0 Å². The van der Waals surface area contributed by atoms with E-state index in [0.717, 1.165) is 18.2 Å². The van der Waals surface area contributed by atoms with Gasteiger partial charge in [0.2, 0.25) is 0 Å². The smallest absolute Gasteiger partial charge is 0.322 e. The van der Waals surface area contributed by atoms with Crippen LogP contribution in [-0.4, -0.2) is 10.8 Å². The Balaban J connectivity index is 2.38. The molecule has 120 valence electrons. The van der Waals surface area contributed by atoms with E-state index in [0.29, 0.717) is 0 Å². The fourth-order valence-electron chi connectivity index (χ4n) is 2.09. The van der Waals surface area contributed by atoms with Gasteiger partial charge in [0.25, 0.3) is 11.6 Å². The van der Waals surface area contributed by atoms with Crippen molar-refractivity contribution < 1.29 is 22.9 Å². The molecule has 0 heterocycles. The first kappa shape index (κ1) is 16.5. The number of halogens is 3. The lowest BCUT2D eigenvalue weighted by molar-refractivity contribution is -0.385. The molecule has 0 aliphatic heterocycles. The normalized spacial score (nSPS) is 11.1. The van der Waals surface area contributed by atoms with Gasteiger partial charge in [-0.25, -0.2) is 0 Å². The third-order valence-corrected chi connectivity index (χ3v) is 3.23. The van der Waals surface area contributed by atoms with Gasteiger partial charge >= 0.3 is 6.18 Å². The number of hydrogen-bond donors (Lipinski definition) is 1. The monoisotopic (exact) mass is 324 g/mol. The van der Waals surface area contributed by atoms with E-state index in [1.54, 1.807) is 0 Å². The minimum atomic E-state index is -4.55. The van der Waals surface area contributed by atoms with Crippen molar-refractivity contribution in [3.63, 3.8) is 0 Å². The third-order valence-electron chi connectivity index (χ3n) is 3.23. The number of anilines is 1. The number of rotatable bonds is 3. The highest BCUT2D eigenvalue weighted by molar-refractivity contribution is 6.07. The van der Waals surface area contributed by atoms with Crippen molar-refractivity contribution in [2.24, 2.45) is 0 Å². The lowest BCUT2D eigenvalue weighted by Gasteiger charge is -2.14. The number of carbonyl (C=O) groups is 1. The number of nitro groups is 1. The van der Waals surface area contributed by atoms with Crippen LogP contribution in [0.25, 0.3) is 0 Å². The largest absolute Gasteiger partial charge is 0.416 e. The minimum Gasteiger partial charge on any atom is -0.322 e. The quantitative estimate of drug-likeness (QED) is 0.680. The van der Waals surface area contributed by atoms with Gasteiger partial charge < -0.3 is 5.32 Å². The molecular formula is C15H11F3N2O3. The first-order valence-electron chi connectivity index (χ1n) is 6.43. The maximum absolute atomic E-state index is 12.9. The van der Waals surface area contributed by atoms with Gasteiger partial charge in [-0.15, -0.1) is 0 Å². The Morgan fingerprint density at radius 1 is 1.13 bits per heavy atom. The van der Waals surface area contributed by atoms with E-state index in [1.807, 2.05) is 0 Å². The van der Waals surface area contributed by atoms with Crippen LogP contribution in [0.3, 0.4) is 0 Å². The number of alkyl halides is 3. The number of hydrogen-bond acceptors (Lipinski definition) is 3. The Morgan fingerprint density at radius 2 is 1.78 bits per heavy atom. The van der Waals surface area contributed by atoms with Gasteiger partial charge in [-0.05, 0) is 30.7 Å². The van der Waals surface area contributed by atoms with Gasteiger partial charge in [0.15, 0.2) is 0 Å². The summed E-state index contributed by atoms with van der Waals surface area (Å²) in [5, 5.41) is 13.2. The predicted octanol–water partition coefficient (Wildman–Crippen LogP) is 4.17.